The number of aromatic nitrogens is 2. The molecule has 0 saturated heterocycles. The molecule has 0 spiro atoms. The second-order valence-corrected chi connectivity index (χ2v) is 5.37. The van der Waals surface area contributed by atoms with Crippen LogP contribution in [0.3, 0.4) is 0 Å². The zero-order chi connectivity index (χ0) is 14.9. The average Bonchev–Trinajstić information content (AvgIpc) is 2.44. The molecule has 2 aromatic rings. The highest BCUT2D eigenvalue weighted by Gasteiger charge is 2.14. The van der Waals surface area contributed by atoms with E-state index in [1.54, 1.807) is 12.1 Å². The van der Waals surface area contributed by atoms with E-state index in [0.29, 0.717) is 15.6 Å². The van der Waals surface area contributed by atoms with Crippen molar-refractivity contribution in [2.24, 2.45) is 5.84 Å². The standard InChI is InChI=1S/C11H8Cl4N4O/c12-6-1-2-7(13)9(14)5(6)4-19-11(20)10(15)8(18-16)3-17-19/h1-3,18H,4,16H2. The number of hydrogen-bond acceptors (Lipinski definition) is 4. The Kier molecular flexibility index (Phi) is 4.78. The summed E-state index contributed by atoms with van der Waals surface area (Å²) in [5.41, 5.74) is 2.48. The maximum atomic E-state index is 12.0. The van der Waals surface area contributed by atoms with E-state index in [1.165, 1.54) is 6.20 Å². The van der Waals surface area contributed by atoms with Crippen molar-refractivity contribution in [2.75, 3.05) is 5.43 Å². The third kappa shape index (κ3) is 2.87. The molecule has 3 N–H and O–H groups in total. The molecule has 0 saturated carbocycles. The summed E-state index contributed by atoms with van der Waals surface area (Å²) >= 11 is 23.9. The van der Waals surface area contributed by atoms with Gasteiger partial charge in [0.15, 0.2) is 0 Å². The summed E-state index contributed by atoms with van der Waals surface area (Å²) in [6.07, 6.45) is 1.33. The molecule has 0 radical (unpaired) electrons. The summed E-state index contributed by atoms with van der Waals surface area (Å²) in [5.74, 6) is 5.21. The summed E-state index contributed by atoms with van der Waals surface area (Å²) in [6, 6.07) is 3.16. The highest BCUT2D eigenvalue weighted by atomic mass is 35.5. The molecule has 0 aliphatic carbocycles. The van der Waals surface area contributed by atoms with Crippen molar-refractivity contribution in [1.82, 2.24) is 9.78 Å². The van der Waals surface area contributed by atoms with E-state index in [4.69, 9.17) is 52.2 Å². The molecule has 0 bridgehead atoms. The molecule has 0 atom stereocenters. The maximum absolute atomic E-state index is 12.0. The molecule has 1 heterocycles. The minimum atomic E-state index is -0.519. The molecule has 1 aromatic carbocycles. The van der Waals surface area contributed by atoms with Crippen molar-refractivity contribution in [2.45, 2.75) is 6.54 Å². The summed E-state index contributed by atoms with van der Waals surface area (Å²) in [4.78, 5) is 12.0. The number of rotatable bonds is 3. The van der Waals surface area contributed by atoms with E-state index in [9.17, 15) is 4.79 Å². The first kappa shape index (κ1) is 15.4. The van der Waals surface area contributed by atoms with Gasteiger partial charge in [-0.1, -0.05) is 46.4 Å². The van der Waals surface area contributed by atoms with Gasteiger partial charge >= 0.3 is 0 Å². The predicted octanol–water partition coefficient (Wildman–Crippen LogP) is 3.19. The molecule has 106 valence electrons. The van der Waals surface area contributed by atoms with Crippen LogP contribution in [0.2, 0.25) is 20.1 Å². The number of nitrogens with two attached hydrogens (primary N) is 1. The van der Waals surface area contributed by atoms with Gasteiger partial charge in [-0.15, -0.1) is 0 Å². The van der Waals surface area contributed by atoms with Crippen molar-refractivity contribution in [3.05, 3.63) is 54.3 Å². The van der Waals surface area contributed by atoms with Gasteiger partial charge in [0.05, 0.1) is 28.5 Å². The van der Waals surface area contributed by atoms with Crippen LogP contribution in [-0.2, 0) is 6.54 Å². The molecule has 0 aliphatic heterocycles. The van der Waals surface area contributed by atoms with Gasteiger partial charge in [-0.2, -0.15) is 5.10 Å². The fourth-order valence-electron chi connectivity index (χ4n) is 1.54. The Morgan fingerprint density at radius 1 is 1.15 bits per heavy atom. The van der Waals surface area contributed by atoms with Crippen molar-refractivity contribution in [1.29, 1.82) is 0 Å². The van der Waals surface area contributed by atoms with E-state index in [2.05, 4.69) is 10.5 Å². The topological polar surface area (TPSA) is 72.9 Å². The van der Waals surface area contributed by atoms with Gasteiger partial charge in [-0.3, -0.25) is 10.6 Å². The first-order valence-electron chi connectivity index (χ1n) is 5.30. The van der Waals surface area contributed by atoms with Crippen LogP contribution in [0.25, 0.3) is 0 Å². The first-order valence-corrected chi connectivity index (χ1v) is 6.81. The summed E-state index contributed by atoms with van der Waals surface area (Å²) < 4.78 is 1.12. The van der Waals surface area contributed by atoms with Crippen molar-refractivity contribution in [3.8, 4) is 0 Å². The average molecular weight is 354 g/mol. The zero-order valence-corrected chi connectivity index (χ0v) is 12.9. The molecule has 0 fully saturated rings. The zero-order valence-electron chi connectivity index (χ0n) is 9.83. The van der Waals surface area contributed by atoms with Crippen LogP contribution in [0.15, 0.2) is 23.1 Å². The SMILES string of the molecule is NNc1cnn(Cc2c(Cl)ccc(Cl)c2Cl)c(=O)c1Cl. The Bertz CT molecular complexity index is 716. The highest BCUT2D eigenvalue weighted by Crippen LogP contribution is 2.31. The third-order valence-corrected chi connectivity index (χ3v) is 4.15. The quantitative estimate of drug-likeness (QED) is 0.505. The normalized spacial score (nSPS) is 10.7. The van der Waals surface area contributed by atoms with Gasteiger partial charge in [-0.25, -0.2) is 4.68 Å². The number of hydrazine groups is 1. The molecule has 0 unspecified atom stereocenters. The monoisotopic (exact) mass is 352 g/mol. The van der Waals surface area contributed by atoms with Gasteiger partial charge in [0.25, 0.3) is 5.56 Å². The number of halogens is 4. The van der Waals surface area contributed by atoms with Crippen LogP contribution in [0.1, 0.15) is 5.56 Å². The van der Waals surface area contributed by atoms with Crippen LogP contribution in [0.5, 0.6) is 0 Å². The van der Waals surface area contributed by atoms with Gasteiger partial charge in [0.2, 0.25) is 0 Å². The summed E-state index contributed by atoms with van der Waals surface area (Å²) in [7, 11) is 0. The molecule has 5 nitrogen and oxygen atoms in total. The van der Waals surface area contributed by atoms with E-state index in [-0.39, 0.29) is 22.3 Å². The van der Waals surface area contributed by atoms with Crippen LogP contribution < -0.4 is 16.8 Å². The van der Waals surface area contributed by atoms with Crippen LogP contribution in [0, 0.1) is 0 Å². The Labute approximate surface area is 134 Å². The molecular formula is C11H8Cl4N4O. The lowest BCUT2D eigenvalue weighted by Gasteiger charge is -2.11. The number of nitrogens with zero attached hydrogens (tertiary/aromatic N) is 2. The van der Waals surface area contributed by atoms with Crippen molar-refractivity contribution in [3.63, 3.8) is 0 Å². The molecule has 0 amide bonds. The van der Waals surface area contributed by atoms with Crippen LogP contribution >= 0.6 is 46.4 Å². The minimum Gasteiger partial charge on any atom is -0.321 e. The molecule has 9 heteroatoms. The predicted molar refractivity (Wildman–Crippen MR) is 81.9 cm³/mol. The van der Waals surface area contributed by atoms with Gasteiger partial charge < -0.3 is 5.43 Å². The van der Waals surface area contributed by atoms with Gasteiger partial charge in [0.1, 0.15) is 5.02 Å². The summed E-state index contributed by atoms with van der Waals surface area (Å²) in [5, 5.41) is 4.85. The smallest absolute Gasteiger partial charge is 0.288 e. The molecular weight excluding hydrogens is 346 g/mol. The third-order valence-electron chi connectivity index (χ3n) is 2.59. The molecule has 1 aromatic heterocycles. The fourth-order valence-corrected chi connectivity index (χ4v) is 2.41. The van der Waals surface area contributed by atoms with Gasteiger partial charge in [0, 0.05) is 10.6 Å². The second-order valence-electron chi connectivity index (χ2n) is 3.80. The number of nitrogens with one attached hydrogen (secondary N) is 1. The molecule has 2 rings (SSSR count). The van der Waals surface area contributed by atoms with E-state index >= 15 is 0 Å². The molecule has 0 aliphatic rings. The fraction of sp³-hybridized carbons (Fsp3) is 0.0909. The van der Waals surface area contributed by atoms with Crippen molar-refractivity contribution < 1.29 is 0 Å². The number of anilines is 1. The minimum absolute atomic E-state index is 0.0433. The van der Waals surface area contributed by atoms with Crippen molar-refractivity contribution >= 4 is 52.1 Å². The van der Waals surface area contributed by atoms with Crippen LogP contribution in [-0.4, -0.2) is 9.78 Å². The van der Waals surface area contributed by atoms with E-state index < -0.39 is 5.56 Å². The lowest BCUT2D eigenvalue weighted by Crippen LogP contribution is -2.26. The Morgan fingerprint density at radius 3 is 2.45 bits per heavy atom. The van der Waals surface area contributed by atoms with Crippen LogP contribution in [0.4, 0.5) is 5.69 Å². The van der Waals surface area contributed by atoms with E-state index in [0.717, 1.165) is 4.68 Å². The van der Waals surface area contributed by atoms with Gasteiger partial charge in [-0.05, 0) is 12.1 Å². The Morgan fingerprint density at radius 2 is 1.80 bits per heavy atom. The largest absolute Gasteiger partial charge is 0.321 e. The molecule has 20 heavy (non-hydrogen) atoms. The number of nitrogen functional groups attached to an aromatic ring is 1. The lowest BCUT2D eigenvalue weighted by molar-refractivity contribution is 0.640. The summed E-state index contributed by atoms with van der Waals surface area (Å²) in [6.45, 7) is 0.0433. The number of benzene rings is 1. The first-order chi connectivity index (χ1) is 9.45. The second kappa shape index (κ2) is 6.20. The Hall–Kier alpha value is -0.980. The lowest BCUT2D eigenvalue weighted by atomic mass is 10.2. The maximum Gasteiger partial charge on any atom is 0.288 e. The van der Waals surface area contributed by atoms with E-state index in [1.807, 2.05) is 0 Å². The highest BCUT2D eigenvalue weighted by molar-refractivity contribution is 6.44. The number of hydrogen-bond donors (Lipinski definition) is 2. The Balaban J connectivity index is 2.49.